The molecular formula is C44H34N+. The monoisotopic (exact) mass is 576 g/mol. The molecule has 45 heavy (non-hydrogen) atoms. The lowest BCUT2D eigenvalue weighted by molar-refractivity contribution is -0.978. The molecule has 8 aromatic rings. The lowest BCUT2D eigenvalue weighted by Gasteiger charge is -2.39. The maximum Gasteiger partial charge on any atom is 0.106 e. The predicted octanol–water partition coefficient (Wildman–Crippen LogP) is 11.2. The molecule has 1 nitrogen and oxygen atoms in total. The molecule has 1 heteroatoms. The van der Waals surface area contributed by atoms with Crippen LogP contribution in [0.4, 0.5) is 0 Å². The molecule has 0 unspecified atom stereocenters. The topological polar surface area (TPSA) is 0 Å². The van der Waals surface area contributed by atoms with Crippen molar-refractivity contribution < 1.29 is 4.48 Å². The smallest absolute Gasteiger partial charge is 0.106 e. The Hall–Kier alpha value is -5.24. The van der Waals surface area contributed by atoms with Crippen LogP contribution in [-0.4, -0.2) is 4.48 Å². The molecule has 0 N–H and O–H groups in total. The summed E-state index contributed by atoms with van der Waals surface area (Å²) in [6.45, 7) is 3.80. The average molecular weight is 577 g/mol. The predicted molar refractivity (Wildman–Crippen MR) is 190 cm³/mol. The normalized spacial score (nSPS) is 14.0. The van der Waals surface area contributed by atoms with E-state index < -0.39 is 0 Å². The van der Waals surface area contributed by atoms with Crippen LogP contribution < -0.4 is 0 Å². The summed E-state index contributed by atoms with van der Waals surface area (Å²) in [5.41, 5.74) is 8.53. The Kier molecular flexibility index (Phi) is 6.07. The van der Waals surface area contributed by atoms with Gasteiger partial charge in [-0.25, -0.2) is 0 Å². The third-order valence-corrected chi connectivity index (χ3v) is 10.1. The molecule has 1 heterocycles. The van der Waals surface area contributed by atoms with E-state index in [0.29, 0.717) is 0 Å². The third kappa shape index (κ3) is 4.43. The van der Waals surface area contributed by atoms with Crippen LogP contribution in [-0.2, 0) is 26.2 Å². The fourth-order valence-electron chi connectivity index (χ4n) is 8.13. The molecule has 214 valence electrons. The summed E-state index contributed by atoms with van der Waals surface area (Å²) in [4.78, 5) is 0. The summed E-state index contributed by atoms with van der Waals surface area (Å²) < 4.78 is 0.915. The standard InChI is InChI=1S/C44H34N/c1-5-19-39-31(11-1)15-9-17-35(39)27-45(28-36-18-10-16-32-12-2-6-20-40(32)36)29-37-25-23-33-13-3-7-21-41(33)43(37)44-38(30-45)26-24-34-14-4-8-22-42(34)44/h1-26H,27-30H2/q+1. The van der Waals surface area contributed by atoms with Gasteiger partial charge in [-0.05, 0) is 54.2 Å². The van der Waals surface area contributed by atoms with Crippen molar-refractivity contribution in [1.29, 1.82) is 0 Å². The van der Waals surface area contributed by atoms with Gasteiger partial charge in [0.2, 0.25) is 0 Å². The van der Waals surface area contributed by atoms with Gasteiger partial charge in [-0.1, -0.05) is 158 Å². The minimum atomic E-state index is 0.915. The molecule has 0 spiro atoms. The van der Waals surface area contributed by atoms with Gasteiger partial charge < -0.3 is 4.48 Å². The molecule has 0 aromatic heterocycles. The van der Waals surface area contributed by atoms with E-state index in [9.17, 15) is 0 Å². The lowest BCUT2D eigenvalue weighted by atomic mass is 9.88. The van der Waals surface area contributed by atoms with Crippen LogP contribution in [0.5, 0.6) is 0 Å². The highest BCUT2D eigenvalue weighted by Gasteiger charge is 2.36. The Morgan fingerprint density at radius 3 is 1.13 bits per heavy atom. The van der Waals surface area contributed by atoms with Crippen molar-refractivity contribution in [2.24, 2.45) is 0 Å². The van der Waals surface area contributed by atoms with Gasteiger partial charge in [-0.3, -0.25) is 0 Å². The van der Waals surface area contributed by atoms with Crippen LogP contribution in [0.25, 0.3) is 54.2 Å². The van der Waals surface area contributed by atoms with Crippen molar-refractivity contribution in [3.05, 3.63) is 180 Å². The minimum absolute atomic E-state index is 0.915. The molecule has 0 saturated carbocycles. The van der Waals surface area contributed by atoms with E-state index in [0.717, 1.165) is 30.7 Å². The van der Waals surface area contributed by atoms with E-state index in [2.05, 4.69) is 158 Å². The fraction of sp³-hybridized carbons (Fsp3) is 0.0909. The van der Waals surface area contributed by atoms with Gasteiger partial charge in [-0.2, -0.15) is 0 Å². The van der Waals surface area contributed by atoms with Crippen LogP contribution >= 0.6 is 0 Å². The molecule has 8 aromatic carbocycles. The van der Waals surface area contributed by atoms with Crippen LogP contribution in [0.15, 0.2) is 158 Å². The van der Waals surface area contributed by atoms with Gasteiger partial charge in [0.1, 0.15) is 26.2 Å². The van der Waals surface area contributed by atoms with Crippen molar-refractivity contribution in [3.8, 4) is 11.1 Å². The molecule has 0 amide bonds. The number of nitrogens with zero attached hydrogens (tertiary/aromatic N) is 1. The van der Waals surface area contributed by atoms with Crippen molar-refractivity contribution in [1.82, 2.24) is 0 Å². The molecular weight excluding hydrogens is 542 g/mol. The zero-order valence-electron chi connectivity index (χ0n) is 25.3. The number of quaternary nitrogens is 1. The number of rotatable bonds is 4. The van der Waals surface area contributed by atoms with Gasteiger partial charge in [0, 0.05) is 22.3 Å². The summed E-state index contributed by atoms with van der Waals surface area (Å²) in [5, 5.41) is 10.6. The molecule has 0 aliphatic carbocycles. The summed E-state index contributed by atoms with van der Waals surface area (Å²) >= 11 is 0. The third-order valence-electron chi connectivity index (χ3n) is 10.1. The minimum Gasteiger partial charge on any atom is -0.309 e. The fourth-order valence-corrected chi connectivity index (χ4v) is 8.13. The highest BCUT2D eigenvalue weighted by molar-refractivity contribution is 6.08. The molecule has 0 bridgehead atoms. The second-order valence-corrected chi connectivity index (χ2v) is 12.9. The van der Waals surface area contributed by atoms with Gasteiger partial charge in [-0.15, -0.1) is 0 Å². The average Bonchev–Trinajstić information content (AvgIpc) is 3.23. The quantitative estimate of drug-likeness (QED) is 0.183. The van der Waals surface area contributed by atoms with Crippen molar-refractivity contribution in [2.75, 3.05) is 0 Å². The van der Waals surface area contributed by atoms with E-state index in [4.69, 9.17) is 0 Å². The second-order valence-electron chi connectivity index (χ2n) is 12.9. The maximum atomic E-state index is 2.42. The molecule has 1 aliphatic rings. The van der Waals surface area contributed by atoms with Gasteiger partial charge in [0.05, 0.1) is 0 Å². The Bertz CT molecular complexity index is 2220. The van der Waals surface area contributed by atoms with E-state index in [-0.39, 0.29) is 0 Å². The number of fused-ring (bicyclic) bond motifs is 9. The summed E-state index contributed by atoms with van der Waals surface area (Å²) in [5.74, 6) is 0. The number of hydrogen-bond donors (Lipinski definition) is 0. The maximum absolute atomic E-state index is 2.42. The molecule has 9 rings (SSSR count). The van der Waals surface area contributed by atoms with Crippen LogP contribution in [0.3, 0.4) is 0 Å². The molecule has 0 atom stereocenters. The lowest BCUT2D eigenvalue weighted by Crippen LogP contribution is -2.44. The molecule has 0 fully saturated rings. The molecule has 1 aliphatic heterocycles. The highest BCUT2D eigenvalue weighted by atomic mass is 15.4. The van der Waals surface area contributed by atoms with E-state index in [1.54, 1.807) is 0 Å². The van der Waals surface area contributed by atoms with Crippen LogP contribution in [0.2, 0.25) is 0 Å². The first-order valence-electron chi connectivity index (χ1n) is 16.0. The summed E-state index contributed by atoms with van der Waals surface area (Å²) in [6, 6.07) is 58.9. The summed E-state index contributed by atoms with van der Waals surface area (Å²) in [7, 11) is 0. The first-order valence-corrected chi connectivity index (χ1v) is 16.0. The zero-order valence-corrected chi connectivity index (χ0v) is 25.3. The Morgan fingerprint density at radius 2 is 0.689 bits per heavy atom. The number of benzene rings is 8. The SMILES string of the molecule is c1ccc2c(C[N+]3(Cc4cccc5ccccc45)Cc4ccc5ccccc5c4-c4c(ccc5ccccc45)C3)cccc2c1. The van der Waals surface area contributed by atoms with Crippen molar-refractivity contribution in [2.45, 2.75) is 26.2 Å². The van der Waals surface area contributed by atoms with Gasteiger partial charge >= 0.3 is 0 Å². The van der Waals surface area contributed by atoms with E-state index in [1.807, 2.05) is 0 Å². The highest BCUT2D eigenvalue weighted by Crippen LogP contribution is 2.45. The van der Waals surface area contributed by atoms with Gasteiger partial charge in [0.25, 0.3) is 0 Å². The van der Waals surface area contributed by atoms with E-state index in [1.165, 1.54) is 76.5 Å². The Labute approximate surface area is 264 Å². The van der Waals surface area contributed by atoms with E-state index >= 15 is 0 Å². The van der Waals surface area contributed by atoms with Crippen LogP contribution in [0.1, 0.15) is 22.3 Å². The van der Waals surface area contributed by atoms with Crippen molar-refractivity contribution >= 4 is 43.1 Å². The van der Waals surface area contributed by atoms with Gasteiger partial charge in [0.15, 0.2) is 0 Å². The molecule has 0 saturated heterocycles. The Morgan fingerprint density at radius 1 is 0.333 bits per heavy atom. The zero-order chi connectivity index (χ0) is 29.8. The number of hydrogen-bond acceptors (Lipinski definition) is 0. The summed E-state index contributed by atoms with van der Waals surface area (Å²) in [6.07, 6.45) is 0. The van der Waals surface area contributed by atoms with Crippen LogP contribution in [0, 0.1) is 0 Å². The first-order chi connectivity index (χ1) is 22.2. The second kappa shape index (κ2) is 10.4. The van der Waals surface area contributed by atoms with Crippen molar-refractivity contribution in [3.63, 3.8) is 0 Å². The largest absolute Gasteiger partial charge is 0.309 e. The first kappa shape index (κ1) is 26.2. The molecule has 0 radical (unpaired) electrons. The Balaban J connectivity index is 1.34.